The van der Waals surface area contributed by atoms with Gasteiger partial charge in [-0.1, -0.05) is 60.7 Å². The molecule has 2 heterocycles. The SMILES string of the molecule is O=C1NC(c2ccccc2)(c2ccccc2)C(=O)N1CCCN1CCOCC1. The van der Waals surface area contributed by atoms with E-state index >= 15 is 0 Å². The van der Waals surface area contributed by atoms with Crippen molar-refractivity contribution in [1.82, 2.24) is 15.1 Å². The number of ether oxygens (including phenoxy) is 1. The van der Waals surface area contributed by atoms with Gasteiger partial charge in [0.1, 0.15) is 0 Å². The molecule has 2 aromatic rings. The first-order valence-corrected chi connectivity index (χ1v) is 9.77. The normalized spacial score (nSPS) is 19.6. The van der Waals surface area contributed by atoms with E-state index in [2.05, 4.69) is 10.2 Å². The summed E-state index contributed by atoms with van der Waals surface area (Å²) in [4.78, 5) is 30.0. The zero-order valence-electron chi connectivity index (χ0n) is 15.8. The summed E-state index contributed by atoms with van der Waals surface area (Å²) in [7, 11) is 0. The maximum atomic E-state index is 13.5. The van der Waals surface area contributed by atoms with E-state index in [1.54, 1.807) is 0 Å². The summed E-state index contributed by atoms with van der Waals surface area (Å²) >= 11 is 0. The second-order valence-electron chi connectivity index (χ2n) is 7.18. The summed E-state index contributed by atoms with van der Waals surface area (Å²) < 4.78 is 5.37. The van der Waals surface area contributed by atoms with Crippen LogP contribution in [0, 0.1) is 0 Å². The third-order valence-corrected chi connectivity index (χ3v) is 5.48. The summed E-state index contributed by atoms with van der Waals surface area (Å²) in [6.45, 7) is 4.55. The molecule has 2 saturated heterocycles. The van der Waals surface area contributed by atoms with Crippen molar-refractivity contribution in [2.24, 2.45) is 0 Å². The van der Waals surface area contributed by atoms with E-state index in [-0.39, 0.29) is 11.9 Å². The van der Waals surface area contributed by atoms with Crippen LogP contribution < -0.4 is 5.32 Å². The van der Waals surface area contributed by atoms with Crippen molar-refractivity contribution in [1.29, 1.82) is 0 Å². The predicted molar refractivity (Wildman–Crippen MR) is 106 cm³/mol. The Balaban J connectivity index is 1.56. The lowest BCUT2D eigenvalue weighted by molar-refractivity contribution is -0.130. The minimum atomic E-state index is -1.17. The molecule has 0 aromatic heterocycles. The van der Waals surface area contributed by atoms with Gasteiger partial charge in [-0.15, -0.1) is 0 Å². The fourth-order valence-corrected chi connectivity index (χ4v) is 3.99. The Kier molecular flexibility index (Phi) is 5.41. The van der Waals surface area contributed by atoms with Crippen molar-refractivity contribution >= 4 is 11.9 Å². The lowest BCUT2D eigenvalue weighted by Gasteiger charge is -2.28. The highest BCUT2D eigenvalue weighted by molar-refractivity contribution is 6.09. The fourth-order valence-electron chi connectivity index (χ4n) is 3.99. The number of nitrogens with one attached hydrogen (secondary N) is 1. The standard InChI is InChI=1S/C22H25N3O3/c26-20-22(18-8-3-1-4-9-18,19-10-5-2-6-11-19)23-21(27)25(20)13-7-12-24-14-16-28-17-15-24/h1-6,8-11H,7,12-17H2,(H,23,27). The molecular weight excluding hydrogens is 354 g/mol. The minimum Gasteiger partial charge on any atom is -0.379 e. The topological polar surface area (TPSA) is 61.9 Å². The van der Waals surface area contributed by atoms with Crippen molar-refractivity contribution in [3.8, 4) is 0 Å². The van der Waals surface area contributed by atoms with E-state index in [0.29, 0.717) is 6.54 Å². The van der Waals surface area contributed by atoms with E-state index in [0.717, 1.165) is 50.4 Å². The van der Waals surface area contributed by atoms with Gasteiger partial charge in [-0.2, -0.15) is 0 Å². The van der Waals surface area contributed by atoms with Crippen molar-refractivity contribution in [2.75, 3.05) is 39.4 Å². The molecule has 2 fully saturated rings. The molecular formula is C22H25N3O3. The molecule has 4 rings (SSSR count). The molecule has 1 N–H and O–H groups in total. The van der Waals surface area contributed by atoms with Crippen LogP contribution in [-0.4, -0.2) is 61.1 Å². The quantitative estimate of drug-likeness (QED) is 0.782. The molecule has 28 heavy (non-hydrogen) atoms. The predicted octanol–water partition coefficient (Wildman–Crippen LogP) is 2.20. The van der Waals surface area contributed by atoms with Crippen LogP contribution in [0.5, 0.6) is 0 Å². The molecule has 3 amide bonds. The van der Waals surface area contributed by atoms with Gasteiger partial charge in [0.05, 0.1) is 13.2 Å². The van der Waals surface area contributed by atoms with E-state index in [4.69, 9.17) is 4.74 Å². The summed E-state index contributed by atoms with van der Waals surface area (Å²) in [5, 5.41) is 2.99. The number of morpholine rings is 1. The van der Waals surface area contributed by atoms with Gasteiger partial charge in [-0.25, -0.2) is 4.79 Å². The van der Waals surface area contributed by atoms with Crippen LogP contribution in [0.25, 0.3) is 0 Å². The van der Waals surface area contributed by atoms with Gasteiger partial charge < -0.3 is 10.1 Å². The largest absolute Gasteiger partial charge is 0.379 e. The summed E-state index contributed by atoms with van der Waals surface area (Å²) in [5.74, 6) is -0.211. The van der Waals surface area contributed by atoms with Gasteiger partial charge in [0.25, 0.3) is 5.91 Å². The first kappa shape index (κ1) is 18.7. The molecule has 0 spiro atoms. The minimum absolute atomic E-state index is 0.211. The smallest absolute Gasteiger partial charge is 0.325 e. The first-order chi connectivity index (χ1) is 13.7. The van der Waals surface area contributed by atoms with Crippen LogP contribution in [0.3, 0.4) is 0 Å². The number of rotatable bonds is 6. The summed E-state index contributed by atoms with van der Waals surface area (Å²) in [5.41, 5.74) is 0.379. The third kappa shape index (κ3) is 3.41. The number of nitrogens with zero attached hydrogens (tertiary/aromatic N) is 2. The lowest BCUT2D eigenvalue weighted by Crippen LogP contribution is -2.45. The zero-order valence-corrected chi connectivity index (χ0v) is 15.8. The molecule has 6 heteroatoms. The fraction of sp³-hybridized carbons (Fsp3) is 0.364. The molecule has 0 saturated carbocycles. The maximum Gasteiger partial charge on any atom is 0.325 e. The molecule has 0 unspecified atom stereocenters. The lowest BCUT2D eigenvalue weighted by atomic mass is 9.82. The highest BCUT2D eigenvalue weighted by atomic mass is 16.5. The number of urea groups is 1. The van der Waals surface area contributed by atoms with Crippen LogP contribution in [0.15, 0.2) is 60.7 Å². The average molecular weight is 379 g/mol. The van der Waals surface area contributed by atoms with Crippen molar-refractivity contribution in [3.05, 3.63) is 71.8 Å². The number of hydrogen-bond acceptors (Lipinski definition) is 4. The molecule has 0 aliphatic carbocycles. The van der Waals surface area contributed by atoms with Crippen molar-refractivity contribution in [2.45, 2.75) is 12.0 Å². The molecule has 146 valence electrons. The Morgan fingerprint density at radius 1 is 0.857 bits per heavy atom. The first-order valence-electron chi connectivity index (χ1n) is 9.77. The highest BCUT2D eigenvalue weighted by Crippen LogP contribution is 2.35. The number of carbonyl (C=O) groups excluding carboxylic acids is 2. The van der Waals surface area contributed by atoms with Crippen LogP contribution >= 0.6 is 0 Å². The monoisotopic (exact) mass is 379 g/mol. The molecule has 2 aliphatic rings. The second kappa shape index (κ2) is 8.12. The Hall–Kier alpha value is -2.70. The van der Waals surface area contributed by atoms with E-state index in [1.807, 2.05) is 60.7 Å². The summed E-state index contributed by atoms with van der Waals surface area (Å²) in [6, 6.07) is 18.6. The van der Waals surface area contributed by atoms with Gasteiger partial charge in [0, 0.05) is 26.2 Å². The van der Waals surface area contributed by atoms with Crippen LogP contribution in [-0.2, 0) is 15.1 Å². The Labute approximate surface area is 165 Å². The molecule has 2 aromatic carbocycles. The average Bonchev–Trinajstić information content (AvgIpc) is 3.01. The number of benzene rings is 2. The molecule has 0 radical (unpaired) electrons. The molecule has 6 nitrogen and oxygen atoms in total. The number of amides is 3. The number of imide groups is 1. The molecule has 0 atom stereocenters. The maximum absolute atomic E-state index is 13.5. The Morgan fingerprint density at radius 2 is 1.43 bits per heavy atom. The van der Waals surface area contributed by atoms with Crippen LogP contribution in [0.2, 0.25) is 0 Å². The number of carbonyl (C=O) groups is 2. The van der Waals surface area contributed by atoms with E-state index in [9.17, 15) is 9.59 Å². The second-order valence-corrected chi connectivity index (χ2v) is 7.18. The Bertz CT molecular complexity index is 780. The third-order valence-electron chi connectivity index (χ3n) is 5.48. The molecule has 0 bridgehead atoms. The highest BCUT2D eigenvalue weighted by Gasteiger charge is 2.53. The van der Waals surface area contributed by atoms with E-state index in [1.165, 1.54) is 4.90 Å². The number of hydrogen-bond donors (Lipinski definition) is 1. The van der Waals surface area contributed by atoms with Gasteiger partial charge in [0.15, 0.2) is 5.54 Å². The molecule has 2 aliphatic heterocycles. The van der Waals surface area contributed by atoms with Crippen LogP contribution in [0.4, 0.5) is 4.79 Å². The van der Waals surface area contributed by atoms with Gasteiger partial charge in [0.2, 0.25) is 0 Å². The van der Waals surface area contributed by atoms with Gasteiger partial charge in [-0.3, -0.25) is 14.6 Å². The zero-order chi connectivity index (χ0) is 19.4. The summed E-state index contributed by atoms with van der Waals surface area (Å²) in [6.07, 6.45) is 0.749. The van der Waals surface area contributed by atoms with Crippen molar-refractivity contribution < 1.29 is 14.3 Å². The van der Waals surface area contributed by atoms with Crippen LogP contribution in [0.1, 0.15) is 17.5 Å². The van der Waals surface area contributed by atoms with E-state index < -0.39 is 5.54 Å². The Morgan fingerprint density at radius 3 is 2.00 bits per heavy atom. The van der Waals surface area contributed by atoms with Gasteiger partial charge in [-0.05, 0) is 17.5 Å². The van der Waals surface area contributed by atoms with Crippen molar-refractivity contribution in [3.63, 3.8) is 0 Å². The van der Waals surface area contributed by atoms with Gasteiger partial charge >= 0.3 is 6.03 Å².